The van der Waals surface area contributed by atoms with Crippen LogP contribution in [-0.2, 0) is 4.74 Å². The van der Waals surface area contributed by atoms with Crippen LogP contribution in [0.5, 0.6) is 0 Å². The van der Waals surface area contributed by atoms with Crippen molar-refractivity contribution in [1.29, 1.82) is 0 Å². The number of carbonyl (C=O) groups is 1. The lowest BCUT2D eigenvalue weighted by Crippen LogP contribution is -2.40. The molecule has 1 N–H and O–H groups in total. The summed E-state index contributed by atoms with van der Waals surface area (Å²) in [5.41, 5.74) is 8.67. The fourth-order valence-electron chi connectivity index (χ4n) is 5.64. The summed E-state index contributed by atoms with van der Waals surface area (Å²) >= 11 is 0. The Morgan fingerprint density at radius 1 is 1.07 bits per heavy atom. The Morgan fingerprint density at radius 3 is 2.53 bits per heavy atom. The van der Waals surface area contributed by atoms with Crippen LogP contribution < -0.4 is 5.32 Å². The monoisotopic (exact) mass is 402 g/mol. The molecule has 1 aliphatic carbocycles. The predicted octanol–water partition coefficient (Wildman–Crippen LogP) is 4.91. The van der Waals surface area contributed by atoms with Crippen LogP contribution >= 0.6 is 0 Å². The number of aryl methyl sites for hydroxylation is 3. The molecule has 0 aromatic heterocycles. The van der Waals surface area contributed by atoms with Crippen molar-refractivity contribution >= 4 is 11.6 Å². The summed E-state index contributed by atoms with van der Waals surface area (Å²) < 4.78 is 5.40. The van der Waals surface area contributed by atoms with Gasteiger partial charge in [0.15, 0.2) is 0 Å². The highest BCUT2D eigenvalue weighted by Gasteiger charge is 2.39. The summed E-state index contributed by atoms with van der Waals surface area (Å²) in [6.07, 6.45) is 5.73. The van der Waals surface area contributed by atoms with Crippen molar-refractivity contribution in [3.63, 3.8) is 0 Å². The third-order valence-electron chi connectivity index (χ3n) is 6.96. The zero-order valence-corrected chi connectivity index (χ0v) is 18.1. The van der Waals surface area contributed by atoms with Gasteiger partial charge in [0.1, 0.15) is 0 Å². The van der Waals surface area contributed by atoms with Gasteiger partial charge in [-0.15, -0.1) is 0 Å². The van der Waals surface area contributed by atoms with E-state index in [-0.39, 0.29) is 5.91 Å². The van der Waals surface area contributed by atoms with Crippen LogP contribution in [0.2, 0.25) is 0 Å². The number of amides is 1. The molecule has 1 amide bonds. The van der Waals surface area contributed by atoms with Crippen LogP contribution in [0.4, 0.5) is 5.69 Å². The van der Waals surface area contributed by atoms with E-state index in [4.69, 9.17) is 4.74 Å². The number of carbonyl (C=O) groups excluding carboxylic acids is 1. The number of anilines is 1. The molecule has 0 saturated carbocycles. The van der Waals surface area contributed by atoms with Gasteiger partial charge in [0.25, 0.3) is 5.91 Å². The molecule has 0 bridgehead atoms. The number of nitrogens with zero attached hydrogens (tertiary/aromatic N) is 1. The summed E-state index contributed by atoms with van der Waals surface area (Å²) in [6, 6.07) is 11.1. The first-order valence-electron chi connectivity index (χ1n) is 11.0. The average molecular weight is 403 g/mol. The van der Waals surface area contributed by atoms with Gasteiger partial charge < -0.3 is 15.0 Å². The number of fused-ring (bicyclic) bond motifs is 3. The second-order valence-corrected chi connectivity index (χ2v) is 8.99. The van der Waals surface area contributed by atoms with Gasteiger partial charge in [0, 0.05) is 30.3 Å². The molecule has 1 fully saturated rings. The molecule has 2 aromatic carbocycles. The highest BCUT2D eigenvalue weighted by atomic mass is 16.5. The number of hydrogen-bond acceptors (Lipinski definition) is 3. The van der Waals surface area contributed by atoms with Gasteiger partial charge in [-0.2, -0.15) is 0 Å². The minimum absolute atomic E-state index is 0.118. The van der Waals surface area contributed by atoms with E-state index in [1.54, 1.807) is 0 Å². The van der Waals surface area contributed by atoms with Crippen molar-refractivity contribution in [2.24, 2.45) is 5.92 Å². The van der Waals surface area contributed by atoms with Gasteiger partial charge in [-0.3, -0.25) is 4.79 Å². The molecule has 0 radical (unpaired) electrons. The van der Waals surface area contributed by atoms with E-state index in [9.17, 15) is 4.79 Å². The van der Waals surface area contributed by atoms with Crippen LogP contribution in [0.25, 0.3) is 0 Å². The number of nitrogens with one attached hydrogen (secondary N) is 1. The molecule has 4 nitrogen and oxygen atoms in total. The van der Waals surface area contributed by atoms with Gasteiger partial charge >= 0.3 is 0 Å². The van der Waals surface area contributed by atoms with Gasteiger partial charge in [0.2, 0.25) is 0 Å². The molecule has 2 heterocycles. The molecule has 156 valence electrons. The van der Waals surface area contributed by atoms with Crippen LogP contribution in [0.1, 0.15) is 56.6 Å². The highest BCUT2D eigenvalue weighted by Crippen LogP contribution is 2.51. The quantitative estimate of drug-likeness (QED) is 0.726. The lowest BCUT2D eigenvalue weighted by molar-refractivity contribution is 0.0303. The molecule has 30 heavy (non-hydrogen) atoms. The summed E-state index contributed by atoms with van der Waals surface area (Å²) in [5.74, 6) is 0.946. The number of rotatable bonds is 2. The Labute approximate surface area is 178 Å². The number of hydrogen-bond donors (Lipinski definition) is 1. The summed E-state index contributed by atoms with van der Waals surface area (Å²) in [5, 5.41) is 3.85. The second kappa shape index (κ2) is 7.59. The Kier molecular flexibility index (Phi) is 4.90. The summed E-state index contributed by atoms with van der Waals surface area (Å²) in [6.45, 7) is 9.23. The molecule has 3 aliphatic rings. The Morgan fingerprint density at radius 2 is 1.80 bits per heavy atom. The predicted molar refractivity (Wildman–Crippen MR) is 120 cm³/mol. The van der Waals surface area contributed by atoms with Crippen LogP contribution in [0.15, 0.2) is 42.5 Å². The van der Waals surface area contributed by atoms with Gasteiger partial charge in [-0.25, -0.2) is 0 Å². The zero-order valence-electron chi connectivity index (χ0n) is 18.1. The van der Waals surface area contributed by atoms with E-state index in [2.05, 4.69) is 62.5 Å². The van der Waals surface area contributed by atoms with Gasteiger partial charge in [-0.05, 0) is 73.6 Å². The molecular weight excluding hydrogens is 372 g/mol. The van der Waals surface area contributed by atoms with E-state index in [0.717, 1.165) is 17.7 Å². The third kappa shape index (κ3) is 3.24. The molecule has 2 aromatic rings. The number of ether oxygens (including phenoxy) is 1. The fraction of sp³-hybridized carbons (Fsp3) is 0.423. The molecular formula is C26H30N2O2. The summed E-state index contributed by atoms with van der Waals surface area (Å²) in [7, 11) is 0. The van der Waals surface area contributed by atoms with Crippen molar-refractivity contribution in [3.8, 4) is 0 Å². The minimum atomic E-state index is 0.118. The lowest BCUT2D eigenvalue weighted by Gasteiger charge is -2.39. The van der Waals surface area contributed by atoms with Crippen molar-refractivity contribution in [3.05, 3.63) is 75.9 Å². The first-order chi connectivity index (χ1) is 14.5. The molecule has 2 aliphatic heterocycles. The van der Waals surface area contributed by atoms with Crippen LogP contribution in [0.3, 0.4) is 0 Å². The maximum atomic E-state index is 13.0. The first kappa shape index (κ1) is 19.4. The second-order valence-electron chi connectivity index (χ2n) is 8.99. The topological polar surface area (TPSA) is 41.6 Å². The van der Waals surface area contributed by atoms with Gasteiger partial charge in [-0.1, -0.05) is 29.8 Å². The number of allylic oxidation sites excluding steroid dienone is 2. The average Bonchev–Trinajstić information content (AvgIpc) is 3.23. The Hall–Kier alpha value is -2.59. The van der Waals surface area contributed by atoms with Crippen molar-refractivity contribution in [2.75, 3.05) is 31.6 Å². The maximum absolute atomic E-state index is 13.0. The Bertz CT molecular complexity index is 997. The van der Waals surface area contributed by atoms with Crippen molar-refractivity contribution in [2.45, 2.75) is 39.2 Å². The fourth-order valence-corrected chi connectivity index (χ4v) is 5.64. The Balaban J connectivity index is 1.50. The molecule has 5 rings (SSSR count). The lowest BCUT2D eigenvalue weighted by atomic mass is 9.74. The van der Waals surface area contributed by atoms with Crippen molar-refractivity contribution in [1.82, 2.24) is 4.90 Å². The molecule has 3 atom stereocenters. The molecule has 3 unspecified atom stereocenters. The smallest absolute Gasteiger partial charge is 0.254 e. The van der Waals surface area contributed by atoms with Crippen LogP contribution in [-0.4, -0.2) is 37.1 Å². The van der Waals surface area contributed by atoms with Crippen LogP contribution in [0, 0.1) is 26.7 Å². The van der Waals surface area contributed by atoms with E-state index >= 15 is 0 Å². The van der Waals surface area contributed by atoms with E-state index in [1.807, 2.05) is 11.0 Å². The van der Waals surface area contributed by atoms with Crippen molar-refractivity contribution < 1.29 is 9.53 Å². The van der Waals surface area contributed by atoms with E-state index in [1.165, 1.54) is 27.8 Å². The maximum Gasteiger partial charge on any atom is 0.254 e. The standard InChI is InChI=1S/C26H30N2O2/c1-16-13-17(2)24(18(3)14-16)25-21-6-4-5-20(21)22-15-19(7-8-23(22)27-25)26(29)28-9-11-30-12-10-28/h4-5,7-8,13-15,20-21,25,27H,6,9-12H2,1-3H3. The number of morpholine rings is 1. The largest absolute Gasteiger partial charge is 0.378 e. The SMILES string of the molecule is Cc1cc(C)c(C2Nc3ccc(C(=O)N4CCOCC4)cc3C3C=CCC32)c(C)c1. The summed E-state index contributed by atoms with van der Waals surface area (Å²) in [4.78, 5) is 14.9. The van der Waals surface area contributed by atoms with E-state index in [0.29, 0.717) is 44.2 Å². The molecule has 4 heteroatoms. The highest BCUT2D eigenvalue weighted by molar-refractivity contribution is 5.95. The normalized spacial score (nSPS) is 24.9. The first-order valence-corrected chi connectivity index (χ1v) is 11.0. The van der Waals surface area contributed by atoms with E-state index < -0.39 is 0 Å². The van der Waals surface area contributed by atoms with Gasteiger partial charge in [0.05, 0.1) is 19.3 Å². The third-order valence-corrected chi connectivity index (χ3v) is 6.96. The number of benzene rings is 2. The zero-order chi connectivity index (χ0) is 20.8. The molecule has 1 saturated heterocycles. The minimum Gasteiger partial charge on any atom is -0.378 e. The molecule has 0 spiro atoms.